The summed E-state index contributed by atoms with van der Waals surface area (Å²) < 4.78 is 0. The lowest BCUT2D eigenvalue weighted by Crippen LogP contribution is -2.38. The van der Waals surface area contributed by atoms with Crippen molar-refractivity contribution >= 4 is 17.3 Å². The van der Waals surface area contributed by atoms with Gasteiger partial charge in [0.15, 0.2) is 0 Å². The summed E-state index contributed by atoms with van der Waals surface area (Å²) in [6.45, 7) is 6.46. The molecule has 0 heterocycles. The van der Waals surface area contributed by atoms with Gasteiger partial charge in [-0.15, -0.1) is 0 Å². The van der Waals surface area contributed by atoms with Gasteiger partial charge < -0.3 is 10.2 Å². The summed E-state index contributed by atoms with van der Waals surface area (Å²) in [5, 5.41) is 13.8. The van der Waals surface area contributed by atoms with Gasteiger partial charge in [-0.25, -0.2) is 0 Å². The average molecular weight is 279 g/mol. The molecule has 0 fully saturated rings. The van der Waals surface area contributed by atoms with Crippen molar-refractivity contribution in [2.75, 3.05) is 18.9 Å². The van der Waals surface area contributed by atoms with Gasteiger partial charge in [0.25, 0.3) is 11.6 Å². The fourth-order valence-electron chi connectivity index (χ4n) is 2.07. The first kappa shape index (κ1) is 15.9. The Morgan fingerprint density at radius 3 is 2.55 bits per heavy atom. The average Bonchev–Trinajstić information content (AvgIpc) is 2.46. The summed E-state index contributed by atoms with van der Waals surface area (Å²) in [6, 6.07) is 4.62. The summed E-state index contributed by atoms with van der Waals surface area (Å²) in [4.78, 5) is 24.7. The largest absolute Gasteiger partial charge is 0.383 e. The van der Waals surface area contributed by atoms with E-state index >= 15 is 0 Å². The van der Waals surface area contributed by atoms with Gasteiger partial charge in [-0.3, -0.25) is 14.9 Å². The van der Waals surface area contributed by atoms with Gasteiger partial charge in [0.2, 0.25) is 0 Å². The van der Waals surface area contributed by atoms with Crippen LogP contribution in [0.1, 0.15) is 37.6 Å². The Kier molecular flexibility index (Phi) is 5.49. The SMILES string of the molecule is CCC(C)N(CC)C(=O)c1ccc(NC)c([N+](=O)[O-])c1. The summed E-state index contributed by atoms with van der Waals surface area (Å²) >= 11 is 0. The van der Waals surface area contributed by atoms with E-state index < -0.39 is 4.92 Å². The number of benzene rings is 1. The Labute approximate surface area is 118 Å². The first-order valence-electron chi connectivity index (χ1n) is 6.73. The zero-order valence-corrected chi connectivity index (χ0v) is 12.3. The number of nitro groups is 1. The Morgan fingerprint density at radius 1 is 1.45 bits per heavy atom. The second-order valence-electron chi connectivity index (χ2n) is 4.59. The Morgan fingerprint density at radius 2 is 2.10 bits per heavy atom. The third kappa shape index (κ3) is 3.26. The lowest BCUT2D eigenvalue weighted by molar-refractivity contribution is -0.384. The molecule has 1 aromatic carbocycles. The number of rotatable bonds is 6. The molecule has 0 saturated heterocycles. The van der Waals surface area contributed by atoms with Crippen molar-refractivity contribution in [3.05, 3.63) is 33.9 Å². The van der Waals surface area contributed by atoms with E-state index in [1.807, 2.05) is 20.8 Å². The van der Waals surface area contributed by atoms with Crippen LogP contribution < -0.4 is 5.32 Å². The molecule has 0 aliphatic rings. The van der Waals surface area contributed by atoms with Crippen LogP contribution in [0.4, 0.5) is 11.4 Å². The van der Waals surface area contributed by atoms with Gasteiger partial charge >= 0.3 is 0 Å². The van der Waals surface area contributed by atoms with Crippen LogP contribution in [0.2, 0.25) is 0 Å². The minimum Gasteiger partial charge on any atom is -0.383 e. The second-order valence-corrected chi connectivity index (χ2v) is 4.59. The zero-order chi connectivity index (χ0) is 15.3. The fourth-order valence-corrected chi connectivity index (χ4v) is 2.07. The molecule has 1 aromatic rings. The number of carbonyl (C=O) groups excluding carboxylic acids is 1. The molecular formula is C14H21N3O3. The predicted octanol–water partition coefficient (Wildman–Crippen LogP) is 2.90. The Bertz CT molecular complexity index is 502. The fraction of sp³-hybridized carbons (Fsp3) is 0.500. The van der Waals surface area contributed by atoms with E-state index in [0.29, 0.717) is 17.8 Å². The summed E-state index contributed by atoms with van der Waals surface area (Å²) in [5.41, 5.74) is 0.662. The Hall–Kier alpha value is -2.11. The second kappa shape index (κ2) is 6.88. The number of hydrogen-bond donors (Lipinski definition) is 1. The maximum absolute atomic E-state index is 12.4. The molecule has 110 valence electrons. The first-order chi connectivity index (χ1) is 9.46. The van der Waals surface area contributed by atoms with E-state index in [9.17, 15) is 14.9 Å². The van der Waals surface area contributed by atoms with E-state index in [4.69, 9.17) is 0 Å². The van der Waals surface area contributed by atoms with Crippen molar-refractivity contribution in [1.82, 2.24) is 4.90 Å². The van der Waals surface area contributed by atoms with Gasteiger partial charge in [-0.2, -0.15) is 0 Å². The summed E-state index contributed by atoms with van der Waals surface area (Å²) in [7, 11) is 1.61. The minimum absolute atomic E-state index is 0.0847. The number of hydrogen-bond acceptors (Lipinski definition) is 4. The van der Waals surface area contributed by atoms with Crippen LogP contribution in [0.15, 0.2) is 18.2 Å². The maximum Gasteiger partial charge on any atom is 0.293 e. The van der Waals surface area contributed by atoms with E-state index in [2.05, 4.69) is 5.32 Å². The van der Waals surface area contributed by atoms with Crippen LogP contribution in [0.25, 0.3) is 0 Å². The van der Waals surface area contributed by atoms with Crippen LogP contribution in [-0.4, -0.2) is 35.4 Å². The van der Waals surface area contributed by atoms with Crippen LogP contribution in [0.5, 0.6) is 0 Å². The standard InChI is InChI=1S/C14H21N3O3/c1-5-10(3)16(6-2)14(18)11-7-8-12(15-4)13(9-11)17(19)20/h7-10,15H,5-6H2,1-4H3. The molecular weight excluding hydrogens is 258 g/mol. The molecule has 1 rings (SSSR count). The highest BCUT2D eigenvalue weighted by molar-refractivity contribution is 5.96. The van der Waals surface area contributed by atoms with E-state index in [1.165, 1.54) is 6.07 Å². The van der Waals surface area contributed by atoms with Crippen molar-refractivity contribution in [1.29, 1.82) is 0 Å². The van der Waals surface area contributed by atoms with Crippen LogP contribution in [0.3, 0.4) is 0 Å². The van der Waals surface area contributed by atoms with Crippen LogP contribution in [-0.2, 0) is 0 Å². The Balaban J connectivity index is 3.16. The third-order valence-electron chi connectivity index (χ3n) is 3.44. The molecule has 0 spiro atoms. The molecule has 1 amide bonds. The van der Waals surface area contributed by atoms with E-state index in [1.54, 1.807) is 24.1 Å². The molecule has 0 bridgehead atoms. The predicted molar refractivity (Wildman–Crippen MR) is 79.1 cm³/mol. The minimum atomic E-state index is -0.484. The van der Waals surface area contributed by atoms with Crippen molar-refractivity contribution in [3.63, 3.8) is 0 Å². The molecule has 1 N–H and O–H groups in total. The molecule has 0 aromatic heterocycles. The molecule has 0 aliphatic carbocycles. The summed E-state index contributed by atoms with van der Waals surface area (Å²) in [6.07, 6.45) is 0.844. The van der Waals surface area contributed by atoms with E-state index in [0.717, 1.165) is 6.42 Å². The molecule has 0 radical (unpaired) electrons. The number of anilines is 1. The number of nitro benzene ring substituents is 1. The van der Waals surface area contributed by atoms with Gasteiger partial charge in [0, 0.05) is 31.3 Å². The van der Waals surface area contributed by atoms with Gasteiger partial charge in [-0.1, -0.05) is 6.92 Å². The van der Waals surface area contributed by atoms with Gasteiger partial charge in [-0.05, 0) is 32.4 Å². The molecule has 6 heteroatoms. The van der Waals surface area contributed by atoms with Crippen LogP contribution >= 0.6 is 0 Å². The van der Waals surface area contributed by atoms with Gasteiger partial charge in [0.1, 0.15) is 5.69 Å². The smallest absolute Gasteiger partial charge is 0.293 e. The quantitative estimate of drug-likeness (QED) is 0.641. The normalized spacial score (nSPS) is 11.8. The highest BCUT2D eigenvalue weighted by Gasteiger charge is 2.22. The molecule has 1 atom stereocenters. The summed E-state index contributed by atoms with van der Waals surface area (Å²) in [5.74, 6) is -0.174. The number of amides is 1. The van der Waals surface area contributed by atoms with E-state index in [-0.39, 0.29) is 17.6 Å². The van der Waals surface area contributed by atoms with Crippen molar-refractivity contribution < 1.29 is 9.72 Å². The number of carbonyl (C=O) groups is 1. The number of nitrogens with zero attached hydrogens (tertiary/aromatic N) is 2. The zero-order valence-electron chi connectivity index (χ0n) is 12.3. The van der Waals surface area contributed by atoms with Crippen LogP contribution in [0, 0.1) is 10.1 Å². The number of nitrogens with one attached hydrogen (secondary N) is 1. The molecule has 6 nitrogen and oxygen atoms in total. The molecule has 0 aliphatic heterocycles. The third-order valence-corrected chi connectivity index (χ3v) is 3.44. The molecule has 20 heavy (non-hydrogen) atoms. The lowest BCUT2D eigenvalue weighted by atomic mass is 10.1. The molecule has 1 unspecified atom stereocenters. The van der Waals surface area contributed by atoms with Crippen molar-refractivity contribution in [2.24, 2.45) is 0 Å². The first-order valence-corrected chi connectivity index (χ1v) is 6.73. The van der Waals surface area contributed by atoms with Gasteiger partial charge in [0.05, 0.1) is 4.92 Å². The van der Waals surface area contributed by atoms with Crippen molar-refractivity contribution in [3.8, 4) is 0 Å². The topological polar surface area (TPSA) is 75.5 Å². The highest BCUT2D eigenvalue weighted by atomic mass is 16.6. The van der Waals surface area contributed by atoms with Crippen molar-refractivity contribution in [2.45, 2.75) is 33.2 Å². The monoisotopic (exact) mass is 279 g/mol. The lowest BCUT2D eigenvalue weighted by Gasteiger charge is -2.27. The highest BCUT2D eigenvalue weighted by Crippen LogP contribution is 2.26. The maximum atomic E-state index is 12.4. The molecule has 0 saturated carbocycles.